The third-order valence-electron chi connectivity index (χ3n) is 4.44. The van der Waals surface area contributed by atoms with Crippen molar-refractivity contribution in [1.82, 2.24) is 4.57 Å². The lowest BCUT2D eigenvalue weighted by Crippen LogP contribution is -2.46. The lowest BCUT2D eigenvalue weighted by atomic mass is 9.92. The van der Waals surface area contributed by atoms with E-state index in [0.717, 1.165) is 0 Å². The molecule has 1 aromatic heterocycles. The average Bonchev–Trinajstić information content (AvgIpc) is 2.57. The van der Waals surface area contributed by atoms with Crippen LogP contribution in [0.2, 0.25) is 0 Å². The zero-order valence-corrected chi connectivity index (χ0v) is 13.8. The molecule has 1 aromatic carbocycles. The SMILES string of the molecule is CCC(CC)(C(=O)O)n1ccc2c(OC)cc(OC)cc2c1=O. The monoisotopic (exact) mass is 319 g/mol. The second-order valence-electron chi connectivity index (χ2n) is 5.33. The number of nitrogens with zero attached hydrogens (tertiary/aromatic N) is 1. The third kappa shape index (κ3) is 2.54. The Labute approximate surface area is 134 Å². The number of pyridine rings is 1. The highest BCUT2D eigenvalue weighted by Gasteiger charge is 2.37. The van der Waals surface area contributed by atoms with Gasteiger partial charge in [0.1, 0.15) is 17.0 Å². The fourth-order valence-electron chi connectivity index (χ4n) is 2.92. The molecule has 124 valence electrons. The Bertz CT molecular complexity index is 789. The van der Waals surface area contributed by atoms with Crippen LogP contribution in [0, 0.1) is 0 Å². The number of aromatic nitrogens is 1. The lowest BCUT2D eigenvalue weighted by Gasteiger charge is -2.29. The van der Waals surface area contributed by atoms with Crippen LogP contribution < -0.4 is 15.0 Å². The highest BCUT2D eigenvalue weighted by Crippen LogP contribution is 2.31. The Kier molecular flexibility index (Phi) is 4.63. The van der Waals surface area contributed by atoms with Crippen LogP contribution in [-0.2, 0) is 10.3 Å². The van der Waals surface area contributed by atoms with E-state index in [9.17, 15) is 14.7 Å². The minimum Gasteiger partial charge on any atom is -0.497 e. The van der Waals surface area contributed by atoms with Crippen molar-refractivity contribution in [2.75, 3.05) is 14.2 Å². The van der Waals surface area contributed by atoms with Crippen LogP contribution >= 0.6 is 0 Å². The summed E-state index contributed by atoms with van der Waals surface area (Å²) < 4.78 is 11.8. The molecule has 0 bridgehead atoms. The number of hydrogen-bond acceptors (Lipinski definition) is 4. The fraction of sp³-hybridized carbons (Fsp3) is 0.412. The first-order valence-corrected chi connectivity index (χ1v) is 7.46. The third-order valence-corrected chi connectivity index (χ3v) is 4.44. The van der Waals surface area contributed by atoms with E-state index in [2.05, 4.69) is 0 Å². The maximum Gasteiger partial charge on any atom is 0.329 e. The molecule has 0 aliphatic carbocycles. The van der Waals surface area contributed by atoms with Crippen LogP contribution in [0.5, 0.6) is 11.5 Å². The summed E-state index contributed by atoms with van der Waals surface area (Å²) in [6, 6.07) is 5.00. The maximum atomic E-state index is 12.9. The Balaban J connectivity index is 2.86. The summed E-state index contributed by atoms with van der Waals surface area (Å²) in [5.74, 6) is -0.0190. The van der Waals surface area contributed by atoms with Gasteiger partial charge < -0.3 is 14.6 Å². The molecule has 2 rings (SSSR count). The van der Waals surface area contributed by atoms with Crippen molar-refractivity contribution in [3.05, 3.63) is 34.7 Å². The standard InChI is InChI=1S/C17H21NO5/c1-5-17(6-2,16(20)21)18-8-7-12-13(15(18)19)9-11(22-3)10-14(12)23-4/h7-10H,5-6H2,1-4H3,(H,20,21). The summed E-state index contributed by atoms with van der Waals surface area (Å²) >= 11 is 0. The summed E-state index contributed by atoms with van der Waals surface area (Å²) in [6.07, 6.45) is 2.15. The summed E-state index contributed by atoms with van der Waals surface area (Å²) in [7, 11) is 3.01. The topological polar surface area (TPSA) is 77.8 Å². The first-order chi connectivity index (χ1) is 10.9. The van der Waals surface area contributed by atoms with Crippen molar-refractivity contribution < 1.29 is 19.4 Å². The Morgan fingerprint density at radius 3 is 2.30 bits per heavy atom. The molecule has 0 atom stereocenters. The van der Waals surface area contributed by atoms with E-state index in [-0.39, 0.29) is 5.56 Å². The van der Waals surface area contributed by atoms with Gasteiger partial charge >= 0.3 is 5.97 Å². The molecule has 0 aliphatic rings. The minimum atomic E-state index is -1.26. The molecule has 23 heavy (non-hydrogen) atoms. The molecule has 0 unspecified atom stereocenters. The number of carboxylic acids is 1. The smallest absolute Gasteiger partial charge is 0.329 e. The number of hydrogen-bond donors (Lipinski definition) is 1. The second-order valence-corrected chi connectivity index (χ2v) is 5.33. The van der Waals surface area contributed by atoms with Gasteiger partial charge in [-0.1, -0.05) is 13.8 Å². The van der Waals surface area contributed by atoms with Gasteiger partial charge in [0.25, 0.3) is 5.56 Å². The molecule has 6 heteroatoms. The largest absolute Gasteiger partial charge is 0.497 e. The molecule has 0 saturated heterocycles. The average molecular weight is 319 g/mol. The van der Waals surface area contributed by atoms with Crippen LogP contribution in [0.25, 0.3) is 10.8 Å². The van der Waals surface area contributed by atoms with Gasteiger partial charge in [-0.05, 0) is 25.0 Å². The zero-order valence-electron chi connectivity index (χ0n) is 13.8. The predicted molar refractivity (Wildman–Crippen MR) is 87.5 cm³/mol. The number of fused-ring (bicyclic) bond motifs is 1. The molecule has 0 saturated carbocycles. The summed E-state index contributed by atoms with van der Waals surface area (Å²) in [4.78, 5) is 24.7. The van der Waals surface area contributed by atoms with Gasteiger partial charge in [-0.15, -0.1) is 0 Å². The quantitative estimate of drug-likeness (QED) is 0.885. The highest BCUT2D eigenvalue weighted by molar-refractivity contribution is 5.89. The highest BCUT2D eigenvalue weighted by atomic mass is 16.5. The van der Waals surface area contributed by atoms with E-state index < -0.39 is 11.5 Å². The van der Waals surface area contributed by atoms with Gasteiger partial charge in [0.2, 0.25) is 0 Å². The van der Waals surface area contributed by atoms with Gasteiger partial charge in [-0.25, -0.2) is 4.79 Å². The molecular formula is C17H21NO5. The number of carbonyl (C=O) groups is 1. The fourth-order valence-corrected chi connectivity index (χ4v) is 2.92. The van der Waals surface area contributed by atoms with Crippen LogP contribution in [0.4, 0.5) is 0 Å². The number of ether oxygens (including phenoxy) is 2. The number of methoxy groups -OCH3 is 2. The molecule has 1 heterocycles. The van der Waals surface area contributed by atoms with Gasteiger partial charge in [-0.2, -0.15) is 0 Å². The van der Waals surface area contributed by atoms with Gasteiger partial charge in [0, 0.05) is 17.6 Å². The molecule has 0 amide bonds. The molecule has 0 fully saturated rings. The molecular weight excluding hydrogens is 298 g/mol. The minimum absolute atomic E-state index is 0.311. The lowest BCUT2D eigenvalue weighted by molar-refractivity contribution is -0.148. The van der Waals surface area contributed by atoms with E-state index in [1.807, 2.05) is 0 Å². The van der Waals surface area contributed by atoms with E-state index in [4.69, 9.17) is 9.47 Å². The number of benzene rings is 1. The first-order valence-electron chi connectivity index (χ1n) is 7.46. The maximum absolute atomic E-state index is 12.9. The Morgan fingerprint density at radius 1 is 1.17 bits per heavy atom. The number of aliphatic carboxylic acids is 1. The Hall–Kier alpha value is -2.50. The molecule has 1 N–H and O–H groups in total. The van der Waals surface area contributed by atoms with Crippen molar-refractivity contribution in [3.63, 3.8) is 0 Å². The molecule has 0 spiro atoms. The van der Waals surface area contributed by atoms with Crippen LogP contribution in [0.15, 0.2) is 29.2 Å². The van der Waals surface area contributed by atoms with Crippen LogP contribution in [0.3, 0.4) is 0 Å². The number of carboxylic acid groups (broad SMARTS) is 1. The van der Waals surface area contributed by atoms with Crippen molar-refractivity contribution in [2.45, 2.75) is 32.2 Å². The molecule has 0 aliphatic heterocycles. The van der Waals surface area contributed by atoms with Crippen LogP contribution in [-0.4, -0.2) is 29.9 Å². The molecule has 0 radical (unpaired) electrons. The Morgan fingerprint density at radius 2 is 1.83 bits per heavy atom. The van der Waals surface area contributed by atoms with Crippen molar-refractivity contribution in [2.24, 2.45) is 0 Å². The van der Waals surface area contributed by atoms with Crippen molar-refractivity contribution in [3.8, 4) is 11.5 Å². The molecule has 6 nitrogen and oxygen atoms in total. The van der Waals surface area contributed by atoms with E-state index >= 15 is 0 Å². The van der Waals surface area contributed by atoms with E-state index in [0.29, 0.717) is 35.1 Å². The van der Waals surface area contributed by atoms with Crippen LogP contribution in [0.1, 0.15) is 26.7 Å². The van der Waals surface area contributed by atoms with Gasteiger partial charge in [0.15, 0.2) is 0 Å². The zero-order chi connectivity index (χ0) is 17.2. The second kappa shape index (κ2) is 6.32. The van der Waals surface area contributed by atoms with Gasteiger partial charge in [-0.3, -0.25) is 9.36 Å². The predicted octanol–water partition coefficient (Wildman–Crippen LogP) is 2.62. The number of rotatable bonds is 6. The van der Waals surface area contributed by atoms with Crippen molar-refractivity contribution >= 4 is 16.7 Å². The van der Waals surface area contributed by atoms with E-state index in [1.54, 1.807) is 32.0 Å². The molecule has 2 aromatic rings. The van der Waals surface area contributed by atoms with Gasteiger partial charge in [0.05, 0.1) is 19.6 Å². The normalized spacial score (nSPS) is 11.5. The van der Waals surface area contributed by atoms with E-state index in [1.165, 1.54) is 25.0 Å². The summed E-state index contributed by atoms with van der Waals surface area (Å²) in [6.45, 7) is 3.53. The van der Waals surface area contributed by atoms with Crippen molar-refractivity contribution in [1.29, 1.82) is 0 Å². The summed E-state index contributed by atoms with van der Waals surface area (Å²) in [5, 5.41) is 10.7. The first kappa shape index (κ1) is 16.9. The summed E-state index contributed by atoms with van der Waals surface area (Å²) in [5.41, 5.74) is -1.63.